The van der Waals surface area contributed by atoms with Crippen molar-refractivity contribution < 1.29 is 17.5 Å². The molecule has 1 aromatic carbocycles. The summed E-state index contributed by atoms with van der Waals surface area (Å²) in [6.45, 7) is 1.96. The molecule has 0 spiro atoms. The maximum absolute atomic E-state index is 12.6. The number of aryl methyl sites for hydroxylation is 1. The van der Waals surface area contributed by atoms with Gasteiger partial charge in [0.25, 0.3) is 0 Å². The minimum absolute atomic E-state index is 0.0755. The van der Waals surface area contributed by atoms with E-state index >= 15 is 0 Å². The van der Waals surface area contributed by atoms with Gasteiger partial charge in [-0.3, -0.25) is 9.11 Å². The van der Waals surface area contributed by atoms with Crippen LogP contribution in [0.25, 0.3) is 22.2 Å². The van der Waals surface area contributed by atoms with Crippen LogP contribution in [0, 0.1) is 6.92 Å². The van der Waals surface area contributed by atoms with Crippen molar-refractivity contribution in [3.05, 3.63) is 48.3 Å². The molecule has 9 heteroatoms. The largest absolute Gasteiger partial charge is 0.344 e. The van der Waals surface area contributed by atoms with E-state index < -0.39 is 26.7 Å². The number of fused-ring (bicyclic) bond motifs is 1. The molecular formula is C18H21N3O4S2. The minimum Gasteiger partial charge on any atom is -0.344 e. The average Bonchev–Trinajstić information content (AvgIpc) is 3.15. The summed E-state index contributed by atoms with van der Waals surface area (Å²) in [5.74, 6) is 0.319. The minimum atomic E-state index is -3.71. The first-order valence-corrected chi connectivity index (χ1v) is 11.9. The number of sulfonamides is 1. The molecule has 0 bridgehead atoms. The molecule has 27 heavy (non-hydrogen) atoms. The number of hydrogen-bond acceptors (Lipinski definition) is 5. The number of H-pyrrole nitrogens is 1. The fourth-order valence-corrected chi connectivity index (χ4v) is 6.52. The van der Waals surface area contributed by atoms with Gasteiger partial charge in [-0.1, -0.05) is 12.1 Å². The molecule has 7 nitrogen and oxygen atoms in total. The lowest BCUT2D eigenvalue weighted by molar-refractivity contribution is 0.494. The summed E-state index contributed by atoms with van der Waals surface area (Å²) in [6.07, 6.45) is 2.15. The van der Waals surface area contributed by atoms with Crippen LogP contribution in [0.5, 0.6) is 0 Å². The molecule has 0 amide bonds. The Morgan fingerprint density at radius 1 is 1.22 bits per heavy atom. The van der Waals surface area contributed by atoms with Crippen molar-refractivity contribution in [3.8, 4) is 11.1 Å². The second-order valence-corrected chi connectivity index (χ2v) is 10.9. The lowest BCUT2D eigenvalue weighted by Crippen LogP contribution is -2.35. The quantitative estimate of drug-likeness (QED) is 0.529. The first-order valence-electron chi connectivity index (χ1n) is 8.54. The molecule has 4 rings (SSSR count). The normalized spacial score (nSPS) is 20.8. The molecule has 4 N–H and O–H groups in total. The Bertz CT molecular complexity index is 1090. The second-order valence-electron chi connectivity index (χ2n) is 6.88. The predicted molar refractivity (Wildman–Crippen MR) is 108 cm³/mol. The first-order chi connectivity index (χ1) is 12.7. The number of nitrogens with one attached hydrogen (secondary N) is 2. The van der Waals surface area contributed by atoms with Crippen LogP contribution >= 0.6 is 10.6 Å². The third kappa shape index (κ3) is 3.74. The molecule has 1 aliphatic heterocycles. The highest BCUT2D eigenvalue weighted by atomic mass is 32.3. The van der Waals surface area contributed by atoms with Gasteiger partial charge < -0.3 is 4.98 Å². The number of pyridine rings is 1. The van der Waals surface area contributed by atoms with Gasteiger partial charge in [-0.2, -0.15) is 10.6 Å². The zero-order valence-electron chi connectivity index (χ0n) is 14.7. The molecule has 1 fully saturated rings. The molecular weight excluding hydrogens is 386 g/mol. The van der Waals surface area contributed by atoms with Gasteiger partial charge in [0.2, 0.25) is 10.0 Å². The summed E-state index contributed by atoms with van der Waals surface area (Å²) in [5, 5.41) is 0.986. The molecule has 1 saturated heterocycles. The summed E-state index contributed by atoms with van der Waals surface area (Å²) in [4.78, 5) is 7.67. The Balaban J connectivity index is 1.60. The lowest BCUT2D eigenvalue weighted by atomic mass is 10.0. The van der Waals surface area contributed by atoms with Crippen LogP contribution in [0.3, 0.4) is 0 Å². The molecule has 1 atom stereocenters. The van der Waals surface area contributed by atoms with E-state index in [9.17, 15) is 17.5 Å². The summed E-state index contributed by atoms with van der Waals surface area (Å²) in [5.41, 5.74) is 3.68. The van der Waals surface area contributed by atoms with E-state index in [2.05, 4.69) is 14.7 Å². The molecule has 1 aliphatic rings. The highest BCUT2D eigenvalue weighted by molar-refractivity contribution is 8.24. The Hall–Kier alpha value is -1.91. The number of nitrogens with zero attached hydrogens (tertiary/aromatic N) is 1. The van der Waals surface area contributed by atoms with E-state index in [0.29, 0.717) is 6.42 Å². The van der Waals surface area contributed by atoms with Crippen molar-refractivity contribution in [1.82, 2.24) is 14.7 Å². The SMILES string of the molecule is Cc1cc2c(-c3ccc(S(=O)(=O)NC4CCS(O)(O)C4)cc3)ccnc2[nH]1. The number of rotatable bonds is 4. The van der Waals surface area contributed by atoms with Crippen molar-refractivity contribution in [3.63, 3.8) is 0 Å². The van der Waals surface area contributed by atoms with Crippen molar-refractivity contribution in [2.75, 3.05) is 11.5 Å². The highest BCUT2D eigenvalue weighted by Crippen LogP contribution is 2.45. The van der Waals surface area contributed by atoms with E-state index in [-0.39, 0.29) is 16.4 Å². The van der Waals surface area contributed by atoms with Crippen LogP contribution in [-0.4, -0.2) is 45.0 Å². The monoisotopic (exact) mass is 407 g/mol. The van der Waals surface area contributed by atoms with Crippen molar-refractivity contribution in [2.45, 2.75) is 24.3 Å². The smallest absolute Gasteiger partial charge is 0.240 e. The average molecular weight is 408 g/mol. The van der Waals surface area contributed by atoms with Crippen LogP contribution in [0.15, 0.2) is 47.5 Å². The van der Waals surface area contributed by atoms with Crippen molar-refractivity contribution >= 4 is 31.6 Å². The standard InChI is InChI=1S/C18H21N3O4S2/c1-12-10-17-16(6-8-19-18(17)20-12)13-2-4-15(5-3-13)27(24,25)21-14-7-9-26(22,23)11-14/h2-6,8,10,14,21-23H,7,9,11H2,1H3,(H,19,20). The Labute approximate surface area is 159 Å². The highest BCUT2D eigenvalue weighted by Gasteiger charge is 2.31. The predicted octanol–water partition coefficient (Wildman–Crippen LogP) is 3.34. The zero-order valence-corrected chi connectivity index (χ0v) is 16.3. The second kappa shape index (κ2) is 6.61. The topological polar surface area (TPSA) is 115 Å². The fraction of sp³-hybridized carbons (Fsp3) is 0.278. The third-order valence-electron chi connectivity index (χ3n) is 4.73. The summed E-state index contributed by atoms with van der Waals surface area (Å²) in [6, 6.07) is 10.2. The van der Waals surface area contributed by atoms with Gasteiger partial charge in [-0.25, -0.2) is 18.1 Å². The zero-order chi connectivity index (χ0) is 19.2. The van der Waals surface area contributed by atoms with Crippen molar-refractivity contribution in [2.24, 2.45) is 0 Å². The summed E-state index contributed by atoms with van der Waals surface area (Å²) in [7, 11) is -6.36. The molecule has 3 heterocycles. The van der Waals surface area contributed by atoms with E-state index in [1.807, 2.05) is 19.1 Å². The maximum atomic E-state index is 12.6. The molecule has 1 unspecified atom stereocenters. The summed E-state index contributed by atoms with van der Waals surface area (Å²) < 4.78 is 47.1. The van der Waals surface area contributed by atoms with Crippen LogP contribution < -0.4 is 4.72 Å². The van der Waals surface area contributed by atoms with Gasteiger partial charge >= 0.3 is 0 Å². The van der Waals surface area contributed by atoms with Crippen molar-refractivity contribution in [1.29, 1.82) is 0 Å². The number of aromatic nitrogens is 2. The Morgan fingerprint density at radius 3 is 2.63 bits per heavy atom. The van der Waals surface area contributed by atoms with E-state index in [4.69, 9.17) is 0 Å². The number of benzene rings is 1. The van der Waals surface area contributed by atoms with Gasteiger partial charge in [0.15, 0.2) is 0 Å². The molecule has 0 saturated carbocycles. The summed E-state index contributed by atoms with van der Waals surface area (Å²) >= 11 is 0. The van der Waals surface area contributed by atoms with Gasteiger partial charge in [-0.15, -0.1) is 0 Å². The molecule has 3 aromatic rings. The maximum Gasteiger partial charge on any atom is 0.240 e. The van der Waals surface area contributed by atoms with Crippen LogP contribution in [-0.2, 0) is 10.0 Å². The van der Waals surface area contributed by atoms with E-state index in [1.165, 1.54) is 0 Å². The van der Waals surface area contributed by atoms with Crippen LogP contribution in [0.2, 0.25) is 0 Å². The van der Waals surface area contributed by atoms with Crippen LogP contribution in [0.1, 0.15) is 12.1 Å². The molecule has 2 aromatic heterocycles. The van der Waals surface area contributed by atoms with Gasteiger partial charge in [-0.05, 0) is 48.7 Å². The Morgan fingerprint density at radius 2 is 1.96 bits per heavy atom. The lowest BCUT2D eigenvalue weighted by Gasteiger charge is -2.26. The number of aromatic amines is 1. The number of hydrogen-bond donors (Lipinski definition) is 4. The van der Waals surface area contributed by atoms with E-state index in [1.54, 1.807) is 30.5 Å². The fourth-order valence-electron chi connectivity index (χ4n) is 3.42. The molecule has 144 valence electrons. The third-order valence-corrected chi connectivity index (χ3v) is 8.09. The van der Waals surface area contributed by atoms with Crippen LogP contribution in [0.4, 0.5) is 0 Å². The Kier molecular flexibility index (Phi) is 4.52. The molecule has 0 aliphatic carbocycles. The first kappa shape index (κ1) is 18.5. The van der Waals surface area contributed by atoms with Gasteiger partial charge in [0, 0.05) is 29.1 Å². The van der Waals surface area contributed by atoms with Gasteiger partial charge in [0.05, 0.1) is 10.6 Å². The molecule has 0 radical (unpaired) electrons. The van der Waals surface area contributed by atoms with Gasteiger partial charge in [0.1, 0.15) is 5.65 Å². The van der Waals surface area contributed by atoms with E-state index in [0.717, 1.165) is 27.9 Å².